The summed E-state index contributed by atoms with van der Waals surface area (Å²) < 4.78 is 5.33. The van der Waals surface area contributed by atoms with Crippen LogP contribution in [0.2, 0.25) is 0 Å². The van der Waals surface area contributed by atoms with Crippen LogP contribution in [0.4, 0.5) is 0 Å². The summed E-state index contributed by atoms with van der Waals surface area (Å²) in [5.41, 5.74) is 7.18. The zero-order valence-corrected chi connectivity index (χ0v) is 12.6. The summed E-state index contributed by atoms with van der Waals surface area (Å²) in [6.45, 7) is 0. The van der Waals surface area contributed by atoms with Gasteiger partial charge < -0.3 is 15.4 Å². The molecular formula is C15H19N3O2S. The maximum Gasteiger partial charge on any atom is 0.243 e. The number of aromatic nitrogens is 2. The van der Waals surface area contributed by atoms with Gasteiger partial charge in [-0.15, -0.1) is 0 Å². The second-order valence-corrected chi connectivity index (χ2v) is 6.63. The SMILES string of the molecule is NC(Cc1ccc(O)cc1)c1nc(C2CCCCS2)no1. The van der Waals surface area contributed by atoms with Crippen LogP contribution >= 0.6 is 11.8 Å². The minimum Gasteiger partial charge on any atom is -0.508 e. The Morgan fingerprint density at radius 2 is 2.14 bits per heavy atom. The zero-order chi connectivity index (χ0) is 14.7. The number of phenolic OH excluding ortho intramolecular Hbond substituents is 1. The Morgan fingerprint density at radius 1 is 1.33 bits per heavy atom. The second kappa shape index (κ2) is 6.49. The van der Waals surface area contributed by atoms with E-state index in [-0.39, 0.29) is 11.8 Å². The lowest BCUT2D eigenvalue weighted by Gasteiger charge is -2.17. The number of nitrogens with zero attached hydrogens (tertiary/aromatic N) is 2. The molecule has 0 radical (unpaired) electrons. The molecule has 3 rings (SSSR count). The van der Waals surface area contributed by atoms with Crippen LogP contribution in [0.15, 0.2) is 28.8 Å². The van der Waals surface area contributed by atoms with Gasteiger partial charge in [0.25, 0.3) is 0 Å². The molecule has 0 saturated carbocycles. The van der Waals surface area contributed by atoms with Crippen molar-refractivity contribution in [3.8, 4) is 5.75 Å². The van der Waals surface area contributed by atoms with Crippen LogP contribution in [0.5, 0.6) is 5.75 Å². The highest BCUT2D eigenvalue weighted by Gasteiger charge is 2.23. The Bertz CT molecular complexity index is 579. The molecule has 2 aromatic rings. The summed E-state index contributed by atoms with van der Waals surface area (Å²) in [7, 11) is 0. The van der Waals surface area contributed by atoms with E-state index < -0.39 is 0 Å². The fourth-order valence-electron chi connectivity index (χ4n) is 2.45. The van der Waals surface area contributed by atoms with Gasteiger partial charge in [-0.25, -0.2) is 0 Å². The zero-order valence-electron chi connectivity index (χ0n) is 11.7. The number of hydrogen-bond donors (Lipinski definition) is 2. The summed E-state index contributed by atoms with van der Waals surface area (Å²) in [6, 6.07) is 6.69. The molecule has 0 aliphatic carbocycles. The first-order chi connectivity index (χ1) is 10.2. The maximum atomic E-state index is 9.28. The van der Waals surface area contributed by atoms with Gasteiger partial charge in [-0.2, -0.15) is 16.7 Å². The summed E-state index contributed by atoms with van der Waals surface area (Å²) in [5.74, 6) is 2.68. The Balaban J connectivity index is 1.65. The molecular weight excluding hydrogens is 286 g/mol. The standard InChI is InChI=1S/C15H19N3O2S/c16-12(9-10-4-6-11(19)7-5-10)15-17-14(18-20-15)13-3-1-2-8-21-13/h4-7,12-13,19H,1-3,8-9,16H2. The molecule has 2 heterocycles. The van der Waals surface area contributed by atoms with Crippen LogP contribution < -0.4 is 5.73 Å². The van der Waals surface area contributed by atoms with Crippen LogP contribution in [0, 0.1) is 0 Å². The Morgan fingerprint density at radius 3 is 2.86 bits per heavy atom. The smallest absolute Gasteiger partial charge is 0.243 e. The summed E-state index contributed by atoms with van der Waals surface area (Å²) in [6.07, 6.45) is 4.21. The van der Waals surface area contributed by atoms with Gasteiger partial charge in [0.05, 0.1) is 11.3 Å². The number of aromatic hydroxyl groups is 1. The van der Waals surface area contributed by atoms with Crippen LogP contribution in [0.3, 0.4) is 0 Å². The van der Waals surface area contributed by atoms with Crippen molar-refractivity contribution in [1.82, 2.24) is 10.1 Å². The van der Waals surface area contributed by atoms with Crippen molar-refractivity contribution in [2.75, 3.05) is 5.75 Å². The van der Waals surface area contributed by atoms with Crippen molar-refractivity contribution < 1.29 is 9.63 Å². The number of phenols is 1. The predicted octanol–water partition coefficient (Wildman–Crippen LogP) is 2.98. The van der Waals surface area contributed by atoms with E-state index in [1.54, 1.807) is 12.1 Å². The number of hydrogen-bond acceptors (Lipinski definition) is 6. The first kappa shape index (κ1) is 14.4. The van der Waals surface area contributed by atoms with Crippen LogP contribution in [0.1, 0.15) is 47.8 Å². The van der Waals surface area contributed by atoms with Gasteiger partial charge in [-0.05, 0) is 42.7 Å². The maximum absolute atomic E-state index is 9.28. The lowest BCUT2D eigenvalue weighted by molar-refractivity contribution is 0.349. The minimum absolute atomic E-state index is 0.252. The largest absolute Gasteiger partial charge is 0.508 e. The van der Waals surface area contributed by atoms with Crippen molar-refractivity contribution in [1.29, 1.82) is 0 Å². The van der Waals surface area contributed by atoms with Crippen LogP contribution in [-0.2, 0) is 6.42 Å². The highest BCUT2D eigenvalue weighted by atomic mass is 32.2. The fourth-order valence-corrected chi connectivity index (χ4v) is 3.68. The normalized spacial score (nSPS) is 20.3. The third-order valence-corrected chi connectivity index (χ3v) is 5.01. The Hall–Kier alpha value is -1.53. The quantitative estimate of drug-likeness (QED) is 0.903. The molecule has 1 aliphatic rings. The minimum atomic E-state index is -0.315. The van der Waals surface area contributed by atoms with Crippen molar-refractivity contribution >= 4 is 11.8 Å². The van der Waals surface area contributed by atoms with Crippen molar-refractivity contribution in [2.45, 2.75) is 37.0 Å². The van der Waals surface area contributed by atoms with Crippen molar-refractivity contribution in [2.24, 2.45) is 5.73 Å². The molecule has 3 N–H and O–H groups in total. The van der Waals surface area contributed by atoms with E-state index in [1.165, 1.54) is 12.8 Å². The van der Waals surface area contributed by atoms with E-state index in [4.69, 9.17) is 10.3 Å². The lowest BCUT2D eigenvalue weighted by atomic mass is 10.1. The molecule has 2 unspecified atom stereocenters. The molecule has 1 aromatic heterocycles. The predicted molar refractivity (Wildman–Crippen MR) is 82.1 cm³/mol. The van der Waals surface area contributed by atoms with E-state index in [1.807, 2.05) is 23.9 Å². The van der Waals surface area contributed by atoms with Gasteiger partial charge in [0.15, 0.2) is 5.82 Å². The average Bonchev–Trinajstić information content (AvgIpc) is 3.00. The molecule has 1 fully saturated rings. The fraction of sp³-hybridized carbons (Fsp3) is 0.467. The van der Waals surface area contributed by atoms with Gasteiger partial charge in [0.2, 0.25) is 5.89 Å². The van der Waals surface area contributed by atoms with Gasteiger partial charge in [0, 0.05) is 0 Å². The summed E-state index contributed by atoms with van der Waals surface area (Å²) >= 11 is 1.89. The molecule has 5 nitrogen and oxygen atoms in total. The molecule has 21 heavy (non-hydrogen) atoms. The van der Waals surface area contributed by atoms with E-state index >= 15 is 0 Å². The summed E-state index contributed by atoms with van der Waals surface area (Å²) in [5, 5.41) is 13.7. The van der Waals surface area contributed by atoms with Crippen LogP contribution in [-0.4, -0.2) is 21.0 Å². The van der Waals surface area contributed by atoms with Crippen molar-refractivity contribution in [3.05, 3.63) is 41.5 Å². The first-order valence-electron chi connectivity index (χ1n) is 7.21. The number of nitrogens with two attached hydrogens (primary N) is 1. The third-order valence-electron chi connectivity index (χ3n) is 3.63. The molecule has 112 valence electrons. The lowest BCUT2D eigenvalue weighted by Crippen LogP contribution is -2.14. The topological polar surface area (TPSA) is 85.2 Å². The van der Waals surface area contributed by atoms with Gasteiger partial charge in [-0.3, -0.25) is 0 Å². The molecule has 0 bridgehead atoms. The second-order valence-electron chi connectivity index (χ2n) is 5.32. The number of thioether (sulfide) groups is 1. The van der Waals surface area contributed by atoms with E-state index in [9.17, 15) is 5.11 Å². The monoisotopic (exact) mass is 305 g/mol. The number of benzene rings is 1. The van der Waals surface area contributed by atoms with Crippen LogP contribution in [0.25, 0.3) is 0 Å². The molecule has 6 heteroatoms. The molecule has 1 aliphatic heterocycles. The average molecular weight is 305 g/mol. The first-order valence-corrected chi connectivity index (χ1v) is 8.26. The van der Waals surface area contributed by atoms with Gasteiger partial charge in [-0.1, -0.05) is 23.7 Å². The molecule has 2 atom stereocenters. The highest BCUT2D eigenvalue weighted by molar-refractivity contribution is 7.99. The number of rotatable bonds is 4. The molecule has 0 amide bonds. The highest BCUT2D eigenvalue weighted by Crippen LogP contribution is 2.37. The molecule has 1 saturated heterocycles. The van der Waals surface area contributed by atoms with Crippen molar-refractivity contribution in [3.63, 3.8) is 0 Å². The van der Waals surface area contributed by atoms with E-state index in [2.05, 4.69) is 10.1 Å². The third kappa shape index (κ3) is 3.57. The Kier molecular flexibility index (Phi) is 4.45. The molecule has 0 spiro atoms. The summed E-state index contributed by atoms with van der Waals surface area (Å²) in [4.78, 5) is 4.47. The van der Waals surface area contributed by atoms with E-state index in [0.29, 0.717) is 17.6 Å². The Labute approximate surface area is 127 Å². The van der Waals surface area contributed by atoms with Gasteiger partial charge >= 0.3 is 0 Å². The van der Waals surface area contributed by atoms with Gasteiger partial charge in [0.1, 0.15) is 5.75 Å². The van der Waals surface area contributed by atoms with E-state index in [0.717, 1.165) is 23.6 Å². The molecule has 1 aromatic carbocycles.